The molecule has 1 aromatic rings. The van der Waals surface area contributed by atoms with Crippen molar-refractivity contribution < 1.29 is 0 Å². The van der Waals surface area contributed by atoms with Crippen LogP contribution >= 0.6 is 0 Å². The molecule has 1 aliphatic heterocycles. The molecule has 0 saturated carbocycles. The topological polar surface area (TPSA) is 0 Å². The highest BCUT2D eigenvalue weighted by molar-refractivity contribution is 6.57. The van der Waals surface area contributed by atoms with Crippen LogP contribution in [0, 0.1) is 12.8 Å². The Morgan fingerprint density at radius 3 is 2.58 bits per heavy atom. The summed E-state index contributed by atoms with van der Waals surface area (Å²) < 4.78 is 0. The first-order valence-corrected chi connectivity index (χ1v) is 8.17. The molecule has 0 aromatic heterocycles. The van der Waals surface area contributed by atoms with E-state index >= 15 is 0 Å². The van der Waals surface area contributed by atoms with Crippen LogP contribution in [0.5, 0.6) is 0 Å². The van der Waals surface area contributed by atoms with Crippen LogP contribution in [0.4, 0.5) is 0 Å². The first kappa shape index (κ1) is 14.7. The molecule has 0 amide bonds. The number of hydrogen-bond acceptors (Lipinski definition) is 0. The van der Waals surface area contributed by atoms with E-state index in [1.807, 2.05) is 0 Å². The lowest BCUT2D eigenvalue weighted by Crippen LogP contribution is -2.23. The van der Waals surface area contributed by atoms with E-state index in [0.717, 1.165) is 18.5 Å². The Balaban J connectivity index is 2.31. The van der Waals surface area contributed by atoms with Gasteiger partial charge < -0.3 is 0 Å². The van der Waals surface area contributed by atoms with Crippen molar-refractivity contribution in [3.63, 3.8) is 0 Å². The normalized spacial score (nSPS) is 18.8. The van der Waals surface area contributed by atoms with E-state index in [1.165, 1.54) is 31.9 Å². The van der Waals surface area contributed by atoms with Crippen molar-refractivity contribution in [2.45, 2.75) is 72.3 Å². The van der Waals surface area contributed by atoms with E-state index in [9.17, 15) is 0 Å². The van der Waals surface area contributed by atoms with E-state index in [0.29, 0.717) is 0 Å². The Hall–Kier alpha value is -0.715. The Morgan fingerprint density at radius 2 is 1.95 bits per heavy atom. The highest BCUT2D eigenvalue weighted by atomic mass is 14.2. The summed E-state index contributed by atoms with van der Waals surface area (Å²) in [6.45, 7) is 12.7. The van der Waals surface area contributed by atoms with Gasteiger partial charge in [0.2, 0.25) is 0 Å². The fraction of sp³-hybridized carbons (Fsp3) is 0.667. The zero-order valence-electron chi connectivity index (χ0n) is 13.4. The molecule has 0 saturated heterocycles. The first-order valence-electron chi connectivity index (χ1n) is 8.17. The summed E-state index contributed by atoms with van der Waals surface area (Å²) in [6.07, 6.45) is 6.54. The van der Waals surface area contributed by atoms with Gasteiger partial charge in [0.05, 0.1) is 0 Å². The van der Waals surface area contributed by atoms with Crippen LogP contribution in [0.25, 0.3) is 0 Å². The van der Waals surface area contributed by atoms with Gasteiger partial charge in [0.15, 0.2) is 0 Å². The molecule has 2 rings (SSSR count). The predicted molar refractivity (Wildman–Crippen MR) is 87.5 cm³/mol. The second-order valence-electron chi connectivity index (χ2n) is 6.75. The number of benzene rings is 1. The largest absolute Gasteiger partial charge is 0.142 e. The maximum Gasteiger partial charge on any atom is 0.142 e. The van der Waals surface area contributed by atoms with Crippen molar-refractivity contribution in [3.8, 4) is 0 Å². The first-order chi connectivity index (χ1) is 9.06. The van der Waals surface area contributed by atoms with Crippen molar-refractivity contribution in [2.75, 3.05) is 0 Å². The lowest BCUT2D eigenvalue weighted by atomic mass is 9.40. The average Bonchev–Trinajstić information content (AvgIpc) is 2.39. The fourth-order valence-corrected chi connectivity index (χ4v) is 3.83. The van der Waals surface area contributed by atoms with Crippen molar-refractivity contribution in [2.24, 2.45) is 5.92 Å². The van der Waals surface area contributed by atoms with Gasteiger partial charge in [-0.25, -0.2) is 0 Å². The lowest BCUT2D eigenvalue weighted by molar-refractivity contribution is 0.489. The zero-order chi connectivity index (χ0) is 14.0. The molecule has 19 heavy (non-hydrogen) atoms. The minimum Gasteiger partial charge on any atom is -0.0858 e. The Labute approximate surface area is 120 Å². The Bertz CT molecular complexity index is 432. The van der Waals surface area contributed by atoms with Gasteiger partial charge in [-0.1, -0.05) is 58.9 Å². The van der Waals surface area contributed by atoms with Crippen molar-refractivity contribution in [1.29, 1.82) is 0 Å². The highest BCUT2D eigenvalue weighted by Gasteiger charge is 2.25. The van der Waals surface area contributed by atoms with Crippen LogP contribution in [0.3, 0.4) is 0 Å². The van der Waals surface area contributed by atoms with Crippen molar-refractivity contribution >= 4 is 6.71 Å². The second-order valence-corrected chi connectivity index (χ2v) is 6.75. The van der Waals surface area contributed by atoms with Crippen LogP contribution in [-0.4, -0.2) is 6.71 Å². The molecule has 0 spiro atoms. The predicted octanol–water partition coefficient (Wildman–Crippen LogP) is 5.30. The molecule has 0 fully saturated rings. The Morgan fingerprint density at radius 1 is 1.26 bits per heavy atom. The minimum atomic E-state index is 0.750. The van der Waals surface area contributed by atoms with Crippen LogP contribution < -0.4 is 0 Å². The van der Waals surface area contributed by atoms with Gasteiger partial charge >= 0.3 is 0 Å². The van der Waals surface area contributed by atoms with E-state index in [4.69, 9.17) is 0 Å². The van der Waals surface area contributed by atoms with E-state index < -0.39 is 0 Å². The molecule has 0 N–H and O–H groups in total. The maximum absolute atomic E-state index is 2.43. The molecule has 1 aromatic carbocycles. The van der Waals surface area contributed by atoms with Gasteiger partial charge in [0, 0.05) is 0 Å². The van der Waals surface area contributed by atoms with Gasteiger partial charge in [-0.2, -0.15) is 0 Å². The fourth-order valence-electron chi connectivity index (χ4n) is 3.83. The average molecular weight is 256 g/mol. The summed E-state index contributed by atoms with van der Waals surface area (Å²) >= 11 is 0. The molecule has 1 aliphatic rings. The number of hydrogen-bond donors (Lipinski definition) is 0. The van der Waals surface area contributed by atoms with Crippen LogP contribution in [0.2, 0.25) is 13.1 Å². The standard InChI is InChI=1S/C18H29B/c1-6-15(7-2)10-16-8-9-17-13(3)11-19(5)12-18(17)14(16)4/h8-9,13,15H,6-7,10-12H2,1-5H3. The van der Waals surface area contributed by atoms with Gasteiger partial charge in [-0.15, -0.1) is 0 Å². The molecule has 0 bridgehead atoms. The lowest BCUT2D eigenvalue weighted by Gasteiger charge is -2.29. The smallest absolute Gasteiger partial charge is 0.0858 e. The van der Waals surface area contributed by atoms with Gasteiger partial charge in [0.1, 0.15) is 6.71 Å². The third-order valence-corrected chi connectivity index (χ3v) is 5.25. The highest BCUT2D eigenvalue weighted by Crippen LogP contribution is 2.35. The molecule has 1 atom stereocenters. The molecular formula is C18H29B. The third-order valence-electron chi connectivity index (χ3n) is 5.25. The Kier molecular flexibility index (Phi) is 4.76. The quantitative estimate of drug-likeness (QED) is 0.641. The molecule has 1 unspecified atom stereocenters. The summed E-state index contributed by atoms with van der Waals surface area (Å²) in [7, 11) is 0. The minimum absolute atomic E-state index is 0.750. The van der Waals surface area contributed by atoms with Crippen LogP contribution in [-0.2, 0) is 12.7 Å². The third kappa shape index (κ3) is 3.07. The summed E-state index contributed by atoms with van der Waals surface area (Å²) in [6, 6.07) is 4.84. The summed E-state index contributed by atoms with van der Waals surface area (Å²) in [5.41, 5.74) is 6.51. The van der Waals surface area contributed by atoms with Crippen LogP contribution in [0.15, 0.2) is 12.1 Å². The summed E-state index contributed by atoms with van der Waals surface area (Å²) in [5, 5.41) is 0. The molecule has 1 heterocycles. The van der Waals surface area contributed by atoms with Gasteiger partial charge in [-0.3, -0.25) is 0 Å². The monoisotopic (exact) mass is 256 g/mol. The van der Waals surface area contributed by atoms with Crippen molar-refractivity contribution in [1.82, 2.24) is 0 Å². The van der Waals surface area contributed by atoms with E-state index in [-0.39, 0.29) is 0 Å². The molecule has 0 aliphatic carbocycles. The number of fused-ring (bicyclic) bond motifs is 1. The maximum atomic E-state index is 2.43. The number of rotatable bonds is 4. The second kappa shape index (κ2) is 6.16. The zero-order valence-corrected chi connectivity index (χ0v) is 13.4. The molecule has 104 valence electrons. The van der Waals surface area contributed by atoms with E-state index in [1.54, 1.807) is 22.3 Å². The van der Waals surface area contributed by atoms with Gasteiger partial charge in [-0.05, 0) is 53.8 Å². The van der Waals surface area contributed by atoms with E-state index in [2.05, 4.69) is 46.7 Å². The summed E-state index contributed by atoms with van der Waals surface area (Å²) in [5.74, 6) is 1.61. The molecular weight excluding hydrogens is 227 g/mol. The SMILES string of the molecule is CCC(CC)Cc1ccc2c(c1C)CB(C)CC2C. The van der Waals surface area contributed by atoms with Crippen LogP contribution in [0.1, 0.15) is 61.8 Å². The molecule has 0 radical (unpaired) electrons. The summed E-state index contributed by atoms with van der Waals surface area (Å²) in [4.78, 5) is 0. The molecule has 0 nitrogen and oxygen atoms in total. The van der Waals surface area contributed by atoms with Crippen molar-refractivity contribution in [3.05, 3.63) is 34.4 Å². The van der Waals surface area contributed by atoms with Gasteiger partial charge in [0.25, 0.3) is 0 Å². The molecule has 1 heteroatoms.